The third kappa shape index (κ3) is 4.57. The predicted molar refractivity (Wildman–Crippen MR) is 140 cm³/mol. The summed E-state index contributed by atoms with van der Waals surface area (Å²) in [6.07, 6.45) is 13.7. The van der Waals surface area contributed by atoms with Gasteiger partial charge in [0, 0.05) is 24.1 Å². The molecule has 192 valence electrons. The van der Waals surface area contributed by atoms with Crippen LogP contribution in [0.2, 0.25) is 0 Å². The number of hydrogen-bond acceptors (Lipinski definition) is 3. The van der Waals surface area contributed by atoms with Gasteiger partial charge in [-0.1, -0.05) is 24.5 Å². The highest BCUT2D eigenvalue weighted by molar-refractivity contribution is 5.93. The third-order valence-electron chi connectivity index (χ3n) is 9.20. The van der Waals surface area contributed by atoms with E-state index in [4.69, 9.17) is 6.42 Å². The fourth-order valence-corrected chi connectivity index (χ4v) is 7.25. The molecule has 2 fully saturated rings. The van der Waals surface area contributed by atoms with Crippen molar-refractivity contribution in [3.05, 3.63) is 87.8 Å². The molecule has 0 aliphatic heterocycles. The minimum absolute atomic E-state index is 0.0521. The van der Waals surface area contributed by atoms with E-state index in [1.807, 2.05) is 12.1 Å². The van der Waals surface area contributed by atoms with Gasteiger partial charge < -0.3 is 5.11 Å². The van der Waals surface area contributed by atoms with E-state index in [1.54, 1.807) is 18.3 Å². The van der Waals surface area contributed by atoms with Crippen molar-refractivity contribution < 1.29 is 18.7 Å². The predicted octanol–water partition coefficient (Wildman–Crippen LogP) is 6.60. The summed E-state index contributed by atoms with van der Waals surface area (Å²) in [5, 5.41) is 10.8. The highest BCUT2D eigenvalue weighted by Crippen LogP contribution is 2.63. The second-order valence-electron chi connectivity index (χ2n) is 11.1. The zero-order valence-corrected chi connectivity index (χ0v) is 21.4. The van der Waals surface area contributed by atoms with Gasteiger partial charge in [0.15, 0.2) is 5.78 Å². The molecule has 4 aliphatic rings. The number of nitrogens with zero attached hydrogens (tertiary/aromatic N) is 1. The molecule has 5 unspecified atom stereocenters. The molecule has 5 heteroatoms. The number of aliphatic hydroxyl groups excluding tert-OH is 1. The van der Waals surface area contributed by atoms with E-state index in [1.165, 1.54) is 30.2 Å². The van der Waals surface area contributed by atoms with Gasteiger partial charge in [-0.3, -0.25) is 4.79 Å². The summed E-state index contributed by atoms with van der Waals surface area (Å²) < 4.78 is 29.0. The van der Waals surface area contributed by atoms with Crippen molar-refractivity contribution >= 4 is 5.78 Å². The Hall–Kier alpha value is -3.10. The van der Waals surface area contributed by atoms with Crippen LogP contribution < -0.4 is 0 Å². The van der Waals surface area contributed by atoms with Gasteiger partial charge >= 0.3 is 0 Å². The van der Waals surface area contributed by atoms with Gasteiger partial charge in [0.25, 0.3) is 0 Å². The van der Waals surface area contributed by atoms with Gasteiger partial charge in [-0.25, -0.2) is 13.8 Å². The number of carbonyl (C=O) groups is 1. The quantitative estimate of drug-likeness (QED) is 0.448. The maximum absolute atomic E-state index is 14.5. The van der Waals surface area contributed by atoms with Crippen molar-refractivity contribution in [1.29, 1.82) is 0 Å². The molecule has 0 spiro atoms. The number of fused-ring (bicyclic) bond motifs is 4. The average molecular weight is 502 g/mol. The van der Waals surface area contributed by atoms with Crippen LogP contribution >= 0.6 is 0 Å². The van der Waals surface area contributed by atoms with Crippen molar-refractivity contribution in [1.82, 2.24) is 4.98 Å². The molecule has 4 aliphatic carbocycles. The van der Waals surface area contributed by atoms with E-state index in [9.17, 15) is 18.7 Å². The number of hydrogen-bond donors (Lipinski definition) is 1. The van der Waals surface area contributed by atoms with Crippen molar-refractivity contribution in [2.75, 3.05) is 0 Å². The normalized spacial score (nSPS) is 30.3. The molecule has 1 aromatic heterocycles. The molecule has 5 atom stereocenters. The molecule has 1 aromatic carbocycles. The minimum Gasteiger partial charge on any atom is -0.393 e. The first-order chi connectivity index (χ1) is 17.7. The molecule has 1 heterocycles. The number of allylic oxidation sites excluding steroid dienone is 4. The number of aromatic nitrogens is 1. The van der Waals surface area contributed by atoms with Gasteiger partial charge in [-0.05, 0) is 110 Å². The SMILES string of the molecule is C#Cc1ccccn1.Cc1c(F)cc(C2CC3(C)C(O)CCC3C3CCC4=CC(=O)CCC4=C23)cc1F. The first-order valence-corrected chi connectivity index (χ1v) is 13.2. The van der Waals surface area contributed by atoms with E-state index in [0.717, 1.165) is 37.7 Å². The van der Waals surface area contributed by atoms with Gasteiger partial charge in [-0.15, -0.1) is 6.42 Å². The monoisotopic (exact) mass is 501 g/mol. The van der Waals surface area contributed by atoms with Crippen molar-refractivity contribution in [3.63, 3.8) is 0 Å². The van der Waals surface area contributed by atoms with Crippen molar-refractivity contribution in [2.45, 2.75) is 70.8 Å². The van der Waals surface area contributed by atoms with Crippen molar-refractivity contribution in [2.24, 2.45) is 17.3 Å². The first-order valence-electron chi connectivity index (χ1n) is 13.2. The van der Waals surface area contributed by atoms with Crippen LogP contribution in [0.4, 0.5) is 8.78 Å². The Bertz CT molecular complexity index is 1300. The second kappa shape index (κ2) is 9.99. The topological polar surface area (TPSA) is 50.2 Å². The fraction of sp³-hybridized carbons (Fsp3) is 0.438. The molecule has 1 N–H and O–H groups in total. The number of halogens is 2. The second-order valence-corrected chi connectivity index (χ2v) is 11.1. The fourth-order valence-electron chi connectivity index (χ4n) is 7.25. The van der Waals surface area contributed by atoms with E-state index in [-0.39, 0.29) is 28.8 Å². The highest BCUT2D eigenvalue weighted by Gasteiger charge is 2.56. The van der Waals surface area contributed by atoms with E-state index in [0.29, 0.717) is 35.9 Å². The van der Waals surface area contributed by atoms with E-state index < -0.39 is 11.6 Å². The van der Waals surface area contributed by atoms with Crippen LogP contribution in [0.5, 0.6) is 0 Å². The van der Waals surface area contributed by atoms with Gasteiger partial charge in [0.1, 0.15) is 17.3 Å². The molecule has 3 nitrogen and oxygen atoms in total. The Balaban J connectivity index is 0.000000301. The lowest BCUT2D eigenvalue weighted by molar-refractivity contribution is -0.114. The molecule has 0 bridgehead atoms. The summed E-state index contributed by atoms with van der Waals surface area (Å²) in [6, 6.07) is 8.47. The standard InChI is InChI=1S/C25H28F2O2.C7H5N/c1-13-21(26)10-15(11-22(13)27)19-12-25(2)20(7-8-23(25)29)18-5-3-14-9-16(28)4-6-17(14)24(18)19;1-2-7-5-3-4-6-8-7/h9-11,18-20,23,29H,3-8,12H2,1-2H3;1,3-6H. The average Bonchev–Trinajstić information content (AvgIpc) is 3.20. The van der Waals surface area contributed by atoms with Crippen LogP contribution in [-0.2, 0) is 4.79 Å². The van der Waals surface area contributed by atoms with Crippen LogP contribution in [0.1, 0.15) is 74.6 Å². The number of ketones is 1. The van der Waals surface area contributed by atoms with Crippen LogP contribution in [0.25, 0.3) is 0 Å². The smallest absolute Gasteiger partial charge is 0.156 e. The Morgan fingerprint density at radius 1 is 1.11 bits per heavy atom. The van der Waals surface area contributed by atoms with Crippen LogP contribution in [-0.4, -0.2) is 22.0 Å². The molecular weight excluding hydrogens is 468 g/mol. The summed E-state index contributed by atoms with van der Waals surface area (Å²) in [5.74, 6) is 2.20. The maximum atomic E-state index is 14.5. The van der Waals surface area contributed by atoms with Crippen LogP contribution in [0.15, 0.2) is 59.3 Å². The number of aliphatic hydroxyl groups is 1. The Labute approximate surface area is 217 Å². The number of carbonyl (C=O) groups excluding carboxylic acids is 1. The zero-order valence-electron chi connectivity index (χ0n) is 21.4. The van der Waals surface area contributed by atoms with Crippen LogP contribution in [0.3, 0.4) is 0 Å². The molecule has 6 rings (SSSR count). The maximum Gasteiger partial charge on any atom is 0.156 e. The Morgan fingerprint density at radius 2 is 1.86 bits per heavy atom. The van der Waals surface area contributed by atoms with Crippen molar-refractivity contribution in [3.8, 4) is 12.3 Å². The molecule has 37 heavy (non-hydrogen) atoms. The van der Waals surface area contributed by atoms with Gasteiger partial charge in [0.2, 0.25) is 0 Å². The minimum atomic E-state index is -0.508. The summed E-state index contributed by atoms with van der Waals surface area (Å²) in [6.45, 7) is 3.63. The number of benzene rings is 1. The van der Waals surface area contributed by atoms with E-state index >= 15 is 0 Å². The molecule has 0 saturated heterocycles. The summed E-state index contributed by atoms with van der Waals surface area (Å²) in [5.41, 5.74) is 4.87. The largest absolute Gasteiger partial charge is 0.393 e. The lowest BCUT2D eigenvalue weighted by Gasteiger charge is -2.52. The van der Waals surface area contributed by atoms with Gasteiger partial charge in [-0.2, -0.15) is 0 Å². The first kappa shape index (κ1) is 25.5. The van der Waals surface area contributed by atoms with Gasteiger partial charge in [0.05, 0.1) is 6.10 Å². The van der Waals surface area contributed by atoms with Crippen LogP contribution in [0, 0.1) is 48.2 Å². The summed E-state index contributed by atoms with van der Waals surface area (Å²) in [4.78, 5) is 15.9. The third-order valence-corrected chi connectivity index (χ3v) is 9.20. The summed E-state index contributed by atoms with van der Waals surface area (Å²) >= 11 is 0. The lowest BCUT2D eigenvalue weighted by Crippen LogP contribution is -2.45. The Morgan fingerprint density at radius 3 is 2.51 bits per heavy atom. The highest BCUT2D eigenvalue weighted by atomic mass is 19.1. The number of pyridine rings is 1. The number of terminal acetylenes is 1. The zero-order chi connectivity index (χ0) is 26.3. The number of rotatable bonds is 1. The summed E-state index contributed by atoms with van der Waals surface area (Å²) in [7, 11) is 0. The van der Waals surface area contributed by atoms with E-state index in [2.05, 4.69) is 17.8 Å². The lowest BCUT2D eigenvalue weighted by atomic mass is 9.53. The molecular formula is C32H33F2NO2. The molecule has 0 radical (unpaired) electrons. The molecule has 2 aromatic rings. The molecule has 0 amide bonds. The molecule has 2 saturated carbocycles. The Kier molecular flexibility index (Phi) is 6.89.